The van der Waals surface area contributed by atoms with Crippen LogP contribution in [0.3, 0.4) is 0 Å². The van der Waals surface area contributed by atoms with Crippen LogP contribution in [-0.2, 0) is 16.6 Å². The number of aromatic nitrogens is 6. The van der Waals surface area contributed by atoms with Crippen molar-refractivity contribution in [3.05, 3.63) is 116 Å². The second-order valence-corrected chi connectivity index (χ2v) is 21.8. The third-order valence-electron chi connectivity index (χ3n) is 16.8. The predicted molar refractivity (Wildman–Crippen MR) is 295 cm³/mol. The van der Waals surface area contributed by atoms with Gasteiger partial charge >= 0.3 is 0 Å². The van der Waals surface area contributed by atoms with Gasteiger partial charge in [0.25, 0.3) is 17.7 Å². The van der Waals surface area contributed by atoms with Crippen LogP contribution in [0.5, 0.6) is 5.75 Å². The van der Waals surface area contributed by atoms with Crippen molar-refractivity contribution in [2.24, 2.45) is 0 Å². The molecule has 3 aliphatic carbocycles. The quantitative estimate of drug-likeness (QED) is 0.0694. The second kappa shape index (κ2) is 20.6. The summed E-state index contributed by atoms with van der Waals surface area (Å²) in [6.07, 6.45) is 18.2. The van der Waals surface area contributed by atoms with E-state index in [1.54, 1.807) is 32.0 Å². The topological polar surface area (TPSA) is 299 Å². The van der Waals surface area contributed by atoms with Crippen LogP contribution in [0.1, 0.15) is 177 Å². The van der Waals surface area contributed by atoms with Gasteiger partial charge in [0.15, 0.2) is 11.6 Å². The third-order valence-corrected chi connectivity index (χ3v) is 16.8. The first-order valence-corrected chi connectivity index (χ1v) is 26.8. The van der Waals surface area contributed by atoms with Crippen LogP contribution < -0.4 is 49.1 Å². The number of phenolic OH excluding ortho intramolecular Hbond substituents is 1. The fourth-order valence-corrected chi connectivity index (χ4v) is 12.7. The molecule has 3 amide bonds. The molecule has 3 spiro atoms. The Morgan fingerprint density at radius 3 is 1.06 bits per heavy atom. The highest BCUT2D eigenvalue weighted by molar-refractivity contribution is 6.04. The van der Waals surface area contributed by atoms with Crippen LogP contribution in [-0.4, -0.2) is 52.7 Å². The lowest BCUT2D eigenvalue weighted by Crippen LogP contribution is -2.41. The molecule has 408 valence electrons. The molecule has 3 aliphatic heterocycles. The largest absolute Gasteiger partial charge is 0.505 e. The molecule has 0 unspecified atom stereocenters. The molecular weight excluding hydrogens is 997 g/mol. The maximum absolute atomic E-state index is 15.5. The lowest BCUT2D eigenvalue weighted by atomic mass is 9.76. The van der Waals surface area contributed by atoms with Gasteiger partial charge in [0, 0.05) is 33.4 Å². The maximum Gasteiger partial charge on any atom is 0.252 e. The lowest BCUT2D eigenvalue weighted by molar-refractivity contribution is 0.0899. The van der Waals surface area contributed by atoms with Crippen LogP contribution in [0.25, 0.3) is 0 Å². The normalized spacial score (nSPS) is 17.9. The fourth-order valence-electron chi connectivity index (χ4n) is 12.7. The van der Waals surface area contributed by atoms with Gasteiger partial charge in [0.2, 0.25) is 0 Å². The number of anilines is 9. The van der Waals surface area contributed by atoms with Crippen molar-refractivity contribution in [1.82, 2.24) is 45.9 Å². The number of aromatic hydroxyl groups is 1. The number of benzene rings is 3. The molecular formula is C57H67F2N15O4. The molecule has 3 saturated carbocycles. The van der Waals surface area contributed by atoms with Gasteiger partial charge < -0.3 is 54.2 Å². The summed E-state index contributed by atoms with van der Waals surface area (Å²) in [5.74, 6) is 1.46. The van der Waals surface area contributed by atoms with Gasteiger partial charge in [-0.3, -0.25) is 14.4 Å². The van der Waals surface area contributed by atoms with E-state index in [1.807, 2.05) is 27.7 Å². The summed E-state index contributed by atoms with van der Waals surface area (Å²) in [4.78, 5) is 62.1. The van der Waals surface area contributed by atoms with E-state index in [2.05, 4.69) is 61.8 Å². The summed E-state index contributed by atoms with van der Waals surface area (Å²) in [7, 11) is 0. The molecule has 3 aromatic heterocycles. The van der Waals surface area contributed by atoms with Gasteiger partial charge in [-0.1, -0.05) is 57.8 Å². The van der Waals surface area contributed by atoms with Crippen molar-refractivity contribution in [2.45, 2.75) is 154 Å². The van der Waals surface area contributed by atoms with Crippen molar-refractivity contribution in [1.29, 1.82) is 0 Å². The van der Waals surface area contributed by atoms with Crippen molar-refractivity contribution < 1.29 is 28.3 Å². The van der Waals surface area contributed by atoms with Gasteiger partial charge in [-0.2, -0.15) is 0 Å². The summed E-state index contributed by atoms with van der Waals surface area (Å²) in [5, 5.41) is 29.6. The number of nitrogen functional groups attached to an aromatic ring is 3. The highest BCUT2D eigenvalue weighted by Gasteiger charge is 2.49. The number of rotatable bonds is 6. The number of nitrogens with one attached hydrogen (secondary N) is 6. The molecule has 6 heterocycles. The first-order chi connectivity index (χ1) is 37.3. The number of phenols is 1. The monoisotopic (exact) mass is 1060 g/mol. The number of carbonyl (C=O) groups excluding carboxylic acids is 3. The number of fused-ring (bicyclic) bond motifs is 6. The Morgan fingerprint density at radius 2 is 0.731 bits per heavy atom. The molecule has 21 heteroatoms. The van der Waals surface area contributed by atoms with Crippen LogP contribution in [0.4, 0.5) is 60.8 Å². The second-order valence-electron chi connectivity index (χ2n) is 21.8. The fraction of sp³-hybridized carbons (Fsp3) is 0.421. The number of aryl methyl sites for hydroxylation is 3. The summed E-state index contributed by atoms with van der Waals surface area (Å²) in [6, 6.07) is 5.11. The Bertz CT molecular complexity index is 3070. The molecule has 78 heavy (non-hydrogen) atoms. The number of nitrogens with two attached hydrogens (primary N) is 3. The average Bonchev–Trinajstić information content (AvgIpc) is 3.69. The molecule has 6 aromatic rings. The van der Waals surface area contributed by atoms with E-state index in [9.17, 15) is 19.5 Å². The third kappa shape index (κ3) is 9.25. The number of carbonyl (C=O) groups is 3. The summed E-state index contributed by atoms with van der Waals surface area (Å²) in [6.45, 7) is 11.0. The molecule has 0 bridgehead atoms. The van der Waals surface area contributed by atoms with Gasteiger partial charge in [-0.15, -0.1) is 0 Å². The summed E-state index contributed by atoms with van der Waals surface area (Å²) < 4.78 is 31.1. The number of nitrogens with zero attached hydrogens (tertiary/aromatic N) is 6. The molecule has 3 aromatic carbocycles. The Morgan fingerprint density at radius 1 is 0.449 bits per heavy atom. The molecule has 0 saturated heterocycles. The number of amides is 3. The van der Waals surface area contributed by atoms with E-state index in [-0.39, 0.29) is 35.1 Å². The van der Waals surface area contributed by atoms with E-state index in [0.717, 1.165) is 119 Å². The molecule has 12 rings (SSSR count). The number of hydrogen-bond acceptors (Lipinski definition) is 16. The Kier molecular flexibility index (Phi) is 14.1. The van der Waals surface area contributed by atoms with Gasteiger partial charge in [-0.25, -0.2) is 38.7 Å². The van der Waals surface area contributed by atoms with Crippen LogP contribution >= 0.6 is 0 Å². The molecule has 3 fully saturated rings. The molecule has 0 atom stereocenters. The minimum absolute atomic E-state index is 0.0938. The zero-order chi connectivity index (χ0) is 55.4. The minimum atomic E-state index is -0.586. The van der Waals surface area contributed by atoms with Crippen LogP contribution in [0.15, 0.2) is 37.2 Å². The number of halogens is 2. The average molecular weight is 1060 g/mol. The van der Waals surface area contributed by atoms with Crippen LogP contribution in [0.2, 0.25) is 0 Å². The maximum atomic E-state index is 15.5. The van der Waals surface area contributed by atoms with Gasteiger partial charge in [0.05, 0.1) is 50.4 Å². The van der Waals surface area contributed by atoms with Crippen molar-refractivity contribution in [3.63, 3.8) is 0 Å². The number of hydrogen-bond donors (Lipinski definition) is 10. The standard InChI is InChI=1S/2C19H22FN5O.C19H23N5O2/c2*1-10-8-12(24-17-11(2)16(21)22-9-23-17)15(20)14-13(10)18(26)25-19(14)6-4-3-5-7-19;1-10-8-12(23-17-11(2)16(20)21-9-22-17)15(25)14-13(10)18(26)24-19(14)6-4-3-5-7-19/h2*8-9H,3-7H2,1-2H3,(H,25,26)(H3,21,22,23,24);8-9,25H,3-7H2,1-2H3,(H,24,26)(H3,20,21,22,23). The van der Waals surface area contributed by atoms with Crippen LogP contribution in [0, 0.1) is 53.2 Å². The minimum Gasteiger partial charge on any atom is -0.505 e. The van der Waals surface area contributed by atoms with E-state index in [4.69, 9.17) is 17.2 Å². The van der Waals surface area contributed by atoms with Crippen molar-refractivity contribution in [3.8, 4) is 5.75 Å². The summed E-state index contributed by atoms with van der Waals surface area (Å²) >= 11 is 0. The highest BCUT2D eigenvalue weighted by atomic mass is 19.1. The van der Waals surface area contributed by atoms with Gasteiger partial charge in [-0.05, 0) is 115 Å². The first-order valence-electron chi connectivity index (χ1n) is 26.8. The Balaban J connectivity index is 0.000000132. The van der Waals surface area contributed by atoms with E-state index < -0.39 is 16.6 Å². The predicted octanol–water partition coefficient (Wildman–Crippen LogP) is 9.95. The Hall–Kier alpha value is -8.23. The zero-order valence-corrected chi connectivity index (χ0v) is 44.9. The van der Waals surface area contributed by atoms with E-state index in [1.165, 1.54) is 19.0 Å². The van der Waals surface area contributed by atoms with Crippen molar-refractivity contribution >= 4 is 69.7 Å². The zero-order valence-electron chi connectivity index (χ0n) is 44.9. The van der Waals surface area contributed by atoms with Crippen molar-refractivity contribution in [2.75, 3.05) is 33.2 Å². The highest BCUT2D eigenvalue weighted by Crippen LogP contribution is 2.51. The van der Waals surface area contributed by atoms with E-state index >= 15 is 8.78 Å². The SMILES string of the molecule is Cc1cc(Nc2ncnc(N)c2C)c(F)c2c1C(=O)NC21CCCCC1.Cc1cc(Nc2ncnc(N)c2C)c(F)c2c1C(=O)NC21CCCCC1.Cc1cc(Nc2ncnc(N)c2C)c(O)c2c1C(=O)NC21CCCCC1. The lowest BCUT2D eigenvalue weighted by Gasteiger charge is -2.35. The van der Waals surface area contributed by atoms with Gasteiger partial charge in [0.1, 0.15) is 59.6 Å². The smallest absolute Gasteiger partial charge is 0.252 e. The Labute approximate surface area is 451 Å². The molecule has 13 N–H and O–H groups in total. The molecule has 0 radical (unpaired) electrons. The molecule has 6 aliphatic rings. The molecule has 19 nitrogen and oxygen atoms in total. The summed E-state index contributed by atoms with van der Waals surface area (Å²) in [5.41, 5.74) is 24.7. The first kappa shape index (κ1) is 53.2. The van der Waals surface area contributed by atoms with E-state index in [0.29, 0.717) is 96.5 Å².